The Balaban J connectivity index is 1.96. The first-order chi connectivity index (χ1) is 12.7. The van der Waals surface area contributed by atoms with E-state index in [0.717, 1.165) is 62.4 Å². The van der Waals surface area contributed by atoms with E-state index in [2.05, 4.69) is 32.0 Å². The quantitative estimate of drug-likeness (QED) is 0.422. The molecule has 132 valence electrons. The van der Waals surface area contributed by atoms with Crippen LogP contribution in [0.3, 0.4) is 0 Å². The van der Waals surface area contributed by atoms with Gasteiger partial charge >= 0.3 is 0 Å². The van der Waals surface area contributed by atoms with E-state index < -0.39 is 0 Å². The Kier molecular flexibility index (Phi) is 4.74. The third-order valence-corrected chi connectivity index (χ3v) is 5.43. The highest BCUT2D eigenvalue weighted by Crippen LogP contribution is 2.37. The van der Waals surface area contributed by atoms with Gasteiger partial charge in [-0.1, -0.05) is 22.0 Å². The SMILES string of the molecule is NCCCCc1c(-c2ccc(Br)c3cccnc23)[nH]c2ccc(F)cc12. The number of hydrogen-bond acceptors (Lipinski definition) is 2. The average Bonchev–Trinajstić information content (AvgIpc) is 3.00. The maximum Gasteiger partial charge on any atom is 0.123 e. The predicted molar refractivity (Wildman–Crippen MR) is 109 cm³/mol. The number of benzene rings is 2. The van der Waals surface area contributed by atoms with Gasteiger partial charge in [0.1, 0.15) is 5.82 Å². The molecule has 0 aliphatic heterocycles. The summed E-state index contributed by atoms with van der Waals surface area (Å²) in [5.74, 6) is -0.220. The molecule has 3 N–H and O–H groups in total. The molecule has 0 spiro atoms. The molecule has 0 fully saturated rings. The minimum Gasteiger partial charge on any atom is -0.354 e. The van der Waals surface area contributed by atoms with Crippen LogP contribution in [0.5, 0.6) is 0 Å². The number of aromatic amines is 1. The highest BCUT2D eigenvalue weighted by Gasteiger charge is 2.17. The molecule has 0 atom stereocenters. The number of aromatic nitrogens is 2. The second-order valence-corrected chi connectivity index (χ2v) is 7.26. The number of hydrogen-bond donors (Lipinski definition) is 2. The molecule has 3 nitrogen and oxygen atoms in total. The Labute approximate surface area is 159 Å². The topological polar surface area (TPSA) is 54.7 Å². The van der Waals surface area contributed by atoms with Crippen molar-refractivity contribution in [1.82, 2.24) is 9.97 Å². The van der Waals surface area contributed by atoms with Crippen molar-refractivity contribution in [2.75, 3.05) is 6.54 Å². The van der Waals surface area contributed by atoms with Gasteiger partial charge in [-0.2, -0.15) is 0 Å². The Hall–Kier alpha value is -2.24. The highest BCUT2D eigenvalue weighted by molar-refractivity contribution is 9.10. The molecule has 0 aliphatic carbocycles. The molecule has 4 aromatic rings. The fraction of sp³-hybridized carbons (Fsp3) is 0.190. The number of rotatable bonds is 5. The number of halogens is 2. The summed E-state index contributed by atoms with van der Waals surface area (Å²) in [6.07, 6.45) is 4.56. The Morgan fingerprint density at radius 1 is 1.08 bits per heavy atom. The third kappa shape index (κ3) is 3.02. The average molecular weight is 412 g/mol. The molecule has 4 rings (SSSR count). The smallest absolute Gasteiger partial charge is 0.123 e. The van der Waals surface area contributed by atoms with Crippen molar-refractivity contribution in [1.29, 1.82) is 0 Å². The summed E-state index contributed by atoms with van der Waals surface area (Å²) in [5.41, 5.74) is 10.7. The van der Waals surface area contributed by atoms with E-state index in [1.165, 1.54) is 6.07 Å². The molecule has 26 heavy (non-hydrogen) atoms. The van der Waals surface area contributed by atoms with E-state index in [1.54, 1.807) is 18.3 Å². The monoisotopic (exact) mass is 411 g/mol. The van der Waals surface area contributed by atoms with Gasteiger partial charge in [0, 0.05) is 32.5 Å². The molecule has 2 heterocycles. The summed E-state index contributed by atoms with van der Waals surface area (Å²) in [7, 11) is 0. The maximum atomic E-state index is 13.9. The molecule has 2 aromatic heterocycles. The molecule has 0 saturated carbocycles. The van der Waals surface area contributed by atoms with E-state index in [0.29, 0.717) is 6.54 Å². The Bertz CT molecular complexity index is 1090. The Morgan fingerprint density at radius 3 is 2.81 bits per heavy atom. The first-order valence-corrected chi connectivity index (χ1v) is 9.52. The minimum atomic E-state index is -0.220. The van der Waals surface area contributed by atoms with Crippen LogP contribution in [0.2, 0.25) is 0 Å². The molecular weight excluding hydrogens is 393 g/mol. The number of aryl methyl sites for hydroxylation is 1. The molecule has 5 heteroatoms. The maximum absolute atomic E-state index is 13.9. The lowest BCUT2D eigenvalue weighted by atomic mass is 9.98. The zero-order valence-electron chi connectivity index (χ0n) is 14.2. The molecule has 0 radical (unpaired) electrons. The van der Waals surface area contributed by atoms with E-state index in [-0.39, 0.29) is 5.82 Å². The van der Waals surface area contributed by atoms with E-state index in [9.17, 15) is 4.39 Å². The summed E-state index contributed by atoms with van der Waals surface area (Å²) in [4.78, 5) is 8.09. The van der Waals surface area contributed by atoms with Gasteiger partial charge < -0.3 is 10.7 Å². The van der Waals surface area contributed by atoms with Crippen molar-refractivity contribution in [3.05, 3.63) is 64.5 Å². The first-order valence-electron chi connectivity index (χ1n) is 8.73. The standard InChI is InChI=1S/C21H19BrFN3/c22-18-8-7-16(20-15(18)5-3-11-25-20)21-14(4-1-2-10-24)17-12-13(23)6-9-19(17)26-21/h3,5-9,11-12,26H,1-2,4,10,24H2. The Morgan fingerprint density at radius 2 is 1.96 bits per heavy atom. The fourth-order valence-corrected chi connectivity index (χ4v) is 3.95. The molecule has 0 bridgehead atoms. The lowest BCUT2D eigenvalue weighted by Crippen LogP contribution is -1.99. The zero-order chi connectivity index (χ0) is 18.1. The molecule has 0 saturated heterocycles. The van der Waals surface area contributed by atoms with E-state index >= 15 is 0 Å². The van der Waals surface area contributed by atoms with Crippen molar-refractivity contribution in [3.8, 4) is 11.3 Å². The van der Waals surface area contributed by atoms with Gasteiger partial charge in [0.2, 0.25) is 0 Å². The zero-order valence-corrected chi connectivity index (χ0v) is 15.8. The lowest BCUT2D eigenvalue weighted by molar-refractivity contribution is 0.629. The number of fused-ring (bicyclic) bond motifs is 2. The van der Waals surface area contributed by atoms with Crippen molar-refractivity contribution in [2.45, 2.75) is 19.3 Å². The predicted octanol–water partition coefficient (Wildman–Crippen LogP) is 5.57. The van der Waals surface area contributed by atoms with Crippen molar-refractivity contribution >= 4 is 37.7 Å². The molecule has 0 aliphatic rings. The number of nitrogens with one attached hydrogen (secondary N) is 1. The van der Waals surface area contributed by atoms with Crippen LogP contribution in [0.1, 0.15) is 18.4 Å². The second kappa shape index (κ2) is 7.17. The number of H-pyrrole nitrogens is 1. The van der Waals surface area contributed by atoms with Crippen LogP contribution >= 0.6 is 15.9 Å². The van der Waals surface area contributed by atoms with Crippen LogP contribution in [0.4, 0.5) is 4.39 Å². The van der Waals surface area contributed by atoms with Crippen LogP contribution in [-0.2, 0) is 6.42 Å². The first kappa shape index (κ1) is 17.2. The summed E-state index contributed by atoms with van der Waals surface area (Å²) >= 11 is 3.60. The number of nitrogens with zero attached hydrogens (tertiary/aromatic N) is 1. The van der Waals surface area contributed by atoms with Gasteiger partial charge in [-0.15, -0.1) is 0 Å². The fourth-order valence-electron chi connectivity index (χ4n) is 3.50. The van der Waals surface area contributed by atoms with Crippen LogP contribution < -0.4 is 5.73 Å². The van der Waals surface area contributed by atoms with Crippen molar-refractivity contribution in [2.24, 2.45) is 5.73 Å². The van der Waals surface area contributed by atoms with Crippen molar-refractivity contribution < 1.29 is 4.39 Å². The van der Waals surface area contributed by atoms with Crippen LogP contribution in [0, 0.1) is 5.82 Å². The number of pyridine rings is 1. The molecule has 2 aromatic carbocycles. The van der Waals surface area contributed by atoms with E-state index in [4.69, 9.17) is 5.73 Å². The summed E-state index contributed by atoms with van der Waals surface area (Å²) < 4.78 is 14.9. The second-order valence-electron chi connectivity index (χ2n) is 6.41. The van der Waals surface area contributed by atoms with Gasteiger partial charge in [-0.3, -0.25) is 4.98 Å². The summed E-state index contributed by atoms with van der Waals surface area (Å²) in [5, 5.41) is 1.99. The minimum absolute atomic E-state index is 0.220. The van der Waals surface area contributed by atoms with Crippen molar-refractivity contribution in [3.63, 3.8) is 0 Å². The molecular formula is C21H19BrFN3. The molecule has 0 unspecified atom stereocenters. The van der Waals surface area contributed by atoms with Gasteiger partial charge in [0.15, 0.2) is 0 Å². The normalized spacial score (nSPS) is 11.5. The lowest BCUT2D eigenvalue weighted by Gasteiger charge is -2.09. The van der Waals surface area contributed by atoms with Gasteiger partial charge in [0.25, 0.3) is 0 Å². The van der Waals surface area contributed by atoms with Crippen LogP contribution in [0.15, 0.2) is 53.1 Å². The summed E-state index contributed by atoms with van der Waals surface area (Å²) in [6, 6.07) is 13.0. The third-order valence-electron chi connectivity index (χ3n) is 4.73. The number of nitrogens with two attached hydrogens (primary N) is 1. The van der Waals surface area contributed by atoms with Gasteiger partial charge in [0.05, 0.1) is 11.2 Å². The largest absolute Gasteiger partial charge is 0.354 e. The van der Waals surface area contributed by atoms with E-state index in [1.807, 2.05) is 18.2 Å². The van der Waals surface area contributed by atoms with Gasteiger partial charge in [-0.05, 0) is 67.8 Å². The summed E-state index contributed by atoms with van der Waals surface area (Å²) in [6.45, 7) is 0.662. The van der Waals surface area contributed by atoms with Gasteiger partial charge in [-0.25, -0.2) is 4.39 Å². The van der Waals surface area contributed by atoms with Crippen LogP contribution in [0.25, 0.3) is 33.1 Å². The number of unbranched alkanes of at least 4 members (excludes halogenated alkanes) is 1. The highest BCUT2D eigenvalue weighted by atomic mass is 79.9. The molecule has 0 amide bonds. The van der Waals surface area contributed by atoms with Crippen LogP contribution in [-0.4, -0.2) is 16.5 Å².